The van der Waals surface area contributed by atoms with E-state index in [1.54, 1.807) is 4.68 Å². The number of para-hydroxylation sites is 1. The lowest BCUT2D eigenvalue weighted by Crippen LogP contribution is -2.42. The molecule has 0 spiro atoms. The van der Waals surface area contributed by atoms with Crippen molar-refractivity contribution in [2.45, 2.75) is 44.2 Å². The molecular formula is C18H23N3O2. The van der Waals surface area contributed by atoms with Crippen LogP contribution in [0.15, 0.2) is 42.7 Å². The summed E-state index contributed by atoms with van der Waals surface area (Å²) in [6, 6.07) is 9.92. The number of nitrogens with zero attached hydrogens (tertiary/aromatic N) is 2. The second-order valence-corrected chi connectivity index (χ2v) is 6.10. The van der Waals surface area contributed by atoms with Crippen LogP contribution in [0, 0.1) is 0 Å². The van der Waals surface area contributed by atoms with Crippen molar-refractivity contribution in [3.8, 4) is 5.75 Å². The minimum atomic E-state index is 0.0692. The van der Waals surface area contributed by atoms with Crippen LogP contribution >= 0.6 is 0 Å². The summed E-state index contributed by atoms with van der Waals surface area (Å²) in [6.07, 6.45) is 8.09. The number of benzene rings is 1. The Morgan fingerprint density at radius 2 is 2.17 bits per heavy atom. The van der Waals surface area contributed by atoms with Gasteiger partial charge < -0.3 is 10.1 Å². The summed E-state index contributed by atoms with van der Waals surface area (Å²) in [5.74, 6) is 0.955. The number of ether oxygens (including phenoxy) is 1. The lowest BCUT2D eigenvalue weighted by molar-refractivity contribution is -0.122. The first-order valence-electron chi connectivity index (χ1n) is 8.19. The van der Waals surface area contributed by atoms with Gasteiger partial charge in [-0.1, -0.05) is 18.2 Å². The highest BCUT2D eigenvalue weighted by Gasteiger charge is 2.30. The van der Waals surface area contributed by atoms with Gasteiger partial charge in [0.05, 0.1) is 12.2 Å². The van der Waals surface area contributed by atoms with Gasteiger partial charge in [0.25, 0.3) is 0 Å². The van der Waals surface area contributed by atoms with Crippen molar-refractivity contribution in [3.05, 3.63) is 48.3 Å². The lowest BCUT2D eigenvalue weighted by Gasteiger charge is -2.22. The third-order valence-corrected chi connectivity index (χ3v) is 4.23. The minimum absolute atomic E-state index is 0.0692. The van der Waals surface area contributed by atoms with Gasteiger partial charge in [-0.3, -0.25) is 9.48 Å². The Kier molecular flexibility index (Phi) is 4.95. The van der Waals surface area contributed by atoms with Crippen molar-refractivity contribution in [2.75, 3.05) is 0 Å². The zero-order chi connectivity index (χ0) is 16.1. The van der Waals surface area contributed by atoms with Crippen molar-refractivity contribution < 1.29 is 9.53 Å². The van der Waals surface area contributed by atoms with Crippen molar-refractivity contribution in [1.29, 1.82) is 0 Å². The molecule has 1 amide bonds. The van der Waals surface area contributed by atoms with E-state index in [0.29, 0.717) is 6.42 Å². The van der Waals surface area contributed by atoms with E-state index in [0.717, 1.165) is 37.0 Å². The molecule has 122 valence electrons. The smallest absolute Gasteiger partial charge is 0.220 e. The molecule has 1 aliphatic carbocycles. The molecule has 0 unspecified atom stereocenters. The summed E-state index contributed by atoms with van der Waals surface area (Å²) < 4.78 is 7.78. The molecule has 1 heterocycles. The van der Waals surface area contributed by atoms with Gasteiger partial charge in [-0.2, -0.15) is 5.10 Å². The standard InChI is InChI=1S/C18H23N3O2/c1-21-13-14(12-19-21)10-11-18(22)20-16-8-5-9-17(16)23-15-6-3-2-4-7-15/h2-4,6-7,12-13,16-17H,5,8-11H2,1H3,(H,20,22)/t16-,17+/m0/s1. The summed E-state index contributed by atoms with van der Waals surface area (Å²) in [6.45, 7) is 0. The zero-order valence-corrected chi connectivity index (χ0v) is 13.4. The quantitative estimate of drug-likeness (QED) is 0.891. The molecule has 0 saturated heterocycles. The molecular weight excluding hydrogens is 290 g/mol. The molecule has 23 heavy (non-hydrogen) atoms. The molecule has 1 aromatic carbocycles. The fraction of sp³-hybridized carbons (Fsp3) is 0.444. The second-order valence-electron chi connectivity index (χ2n) is 6.10. The number of hydrogen-bond donors (Lipinski definition) is 1. The van der Waals surface area contributed by atoms with E-state index in [9.17, 15) is 4.79 Å². The molecule has 2 atom stereocenters. The molecule has 0 aliphatic heterocycles. The number of rotatable bonds is 6. The van der Waals surface area contributed by atoms with Gasteiger partial charge in [0.2, 0.25) is 5.91 Å². The monoisotopic (exact) mass is 313 g/mol. The molecule has 1 fully saturated rings. The van der Waals surface area contributed by atoms with Crippen molar-refractivity contribution in [2.24, 2.45) is 7.05 Å². The number of amides is 1. The van der Waals surface area contributed by atoms with Crippen LogP contribution < -0.4 is 10.1 Å². The van der Waals surface area contributed by atoms with Gasteiger partial charge in [0, 0.05) is 19.7 Å². The van der Waals surface area contributed by atoms with E-state index in [-0.39, 0.29) is 18.1 Å². The Morgan fingerprint density at radius 3 is 2.91 bits per heavy atom. The molecule has 0 bridgehead atoms. The predicted molar refractivity (Wildman–Crippen MR) is 88.2 cm³/mol. The molecule has 5 nitrogen and oxygen atoms in total. The maximum atomic E-state index is 12.2. The summed E-state index contributed by atoms with van der Waals surface area (Å²) in [7, 11) is 1.88. The van der Waals surface area contributed by atoms with Crippen molar-refractivity contribution >= 4 is 5.91 Å². The molecule has 1 N–H and O–H groups in total. The van der Waals surface area contributed by atoms with Gasteiger partial charge in [0.15, 0.2) is 0 Å². The molecule has 1 aromatic heterocycles. The van der Waals surface area contributed by atoms with Gasteiger partial charge in [0.1, 0.15) is 11.9 Å². The normalized spacial score (nSPS) is 20.4. The van der Waals surface area contributed by atoms with Crippen molar-refractivity contribution in [1.82, 2.24) is 15.1 Å². The maximum absolute atomic E-state index is 12.2. The van der Waals surface area contributed by atoms with E-state index in [1.165, 1.54) is 0 Å². The SMILES string of the molecule is Cn1cc(CCC(=O)N[C@H]2CCC[C@H]2Oc2ccccc2)cn1. The summed E-state index contributed by atoms with van der Waals surface area (Å²) in [5, 5.41) is 7.26. The van der Waals surface area contributed by atoms with Crippen LogP contribution in [-0.4, -0.2) is 27.8 Å². The van der Waals surface area contributed by atoms with Crippen LogP contribution in [0.25, 0.3) is 0 Å². The van der Waals surface area contributed by atoms with E-state index in [4.69, 9.17) is 4.74 Å². The Labute approximate surface area is 136 Å². The molecule has 5 heteroatoms. The Morgan fingerprint density at radius 1 is 1.35 bits per heavy atom. The number of nitrogens with one attached hydrogen (secondary N) is 1. The van der Waals surface area contributed by atoms with Crippen LogP contribution in [-0.2, 0) is 18.3 Å². The second kappa shape index (κ2) is 7.31. The Balaban J connectivity index is 1.48. The van der Waals surface area contributed by atoms with Crippen LogP contribution in [0.2, 0.25) is 0 Å². The number of carbonyl (C=O) groups is 1. The van der Waals surface area contributed by atoms with E-state index in [2.05, 4.69) is 10.4 Å². The number of aryl methyl sites for hydroxylation is 2. The minimum Gasteiger partial charge on any atom is -0.488 e. The van der Waals surface area contributed by atoms with Gasteiger partial charge >= 0.3 is 0 Å². The van der Waals surface area contributed by atoms with Crippen LogP contribution in [0.5, 0.6) is 5.75 Å². The Hall–Kier alpha value is -2.30. The van der Waals surface area contributed by atoms with E-state index >= 15 is 0 Å². The highest BCUT2D eigenvalue weighted by Crippen LogP contribution is 2.24. The molecule has 3 rings (SSSR count). The number of hydrogen-bond acceptors (Lipinski definition) is 3. The topological polar surface area (TPSA) is 56.2 Å². The van der Waals surface area contributed by atoms with Gasteiger partial charge in [-0.05, 0) is 43.4 Å². The van der Waals surface area contributed by atoms with Gasteiger partial charge in [-0.15, -0.1) is 0 Å². The average molecular weight is 313 g/mol. The third-order valence-electron chi connectivity index (χ3n) is 4.23. The van der Waals surface area contributed by atoms with E-state index < -0.39 is 0 Å². The maximum Gasteiger partial charge on any atom is 0.220 e. The van der Waals surface area contributed by atoms with Gasteiger partial charge in [-0.25, -0.2) is 0 Å². The third kappa shape index (κ3) is 4.34. The summed E-state index contributed by atoms with van der Waals surface area (Å²) in [4.78, 5) is 12.2. The largest absolute Gasteiger partial charge is 0.488 e. The number of aromatic nitrogens is 2. The molecule has 2 aromatic rings. The molecule has 0 radical (unpaired) electrons. The number of carbonyl (C=O) groups excluding carboxylic acids is 1. The van der Waals surface area contributed by atoms with Crippen LogP contribution in [0.1, 0.15) is 31.2 Å². The highest BCUT2D eigenvalue weighted by molar-refractivity contribution is 5.76. The lowest BCUT2D eigenvalue weighted by atomic mass is 10.1. The fourth-order valence-electron chi connectivity index (χ4n) is 3.04. The predicted octanol–water partition coefficient (Wildman–Crippen LogP) is 2.47. The summed E-state index contributed by atoms with van der Waals surface area (Å²) in [5.41, 5.74) is 1.09. The Bertz CT molecular complexity index is 639. The first-order chi connectivity index (χ1) is 11.2. The zero-order valence-electron chi connectivity index (χ0n) is 13.4. The van der Waals surface area contributed by atoms with Crippen LogP contribution in [0.3, 0.4) is 0 Å². The molecule has 1 aliphatic rings. The highest BCUT2D eigenvalue weighted by atomic mass is 16.5. The fourth-order valence-corrected chi connectivity index (χ4v) is 3.04. The van der Waals surface area contributed by atoms with Crippen molar-refractivity contribution in [3.63, 3.8) is 0 Å². The average Bonchev–Trinajstić information content (AvgIpc) is 3.16. The first kappa shape index (κ1) is 15.6. The summed E-state index contributed by atoms with van der Waals surface area (Å²) >= 11 is 0. The molecule has 1 saturated carbocycles. The first-order valence-corrected chi connectivity index (χ1v) is 8.19. The van der Waals surface area contributed by atoms with E-state index in [1.807, 2.05) is 49.8 Å². The van der Waals surface area contributed by atoms with Crippen LogP contribution in [0.4, 0.5) is 0 Å².